The number of aliphatic imine (C=N–C) groups is 1. The molecule has 2 rings (SSSR count). The Hall–Kier alpha value is -0.950. The lowest BCUT2D eigenvalue weighted by atomic mass is 9.95. The monoisotopic (exact) mass is 356 g/mol. The molecule has 1 amide bonds. The first-order valence-electron chi connectivity index (χ1n) is 8.98. The summed E-state index contributed by atoms with van der Waals surface area (Å²) in [4.78, 5) is 17.9. The summed E-state index contributed by atoms with van der Waals surface area (Å²) in [6.07, 6.45) is 9.54. The van der Waals surface area contributed by atoms with E-state index in [1.165, 1.54) is 19.3 Å². The number of nitrogens with one attached hydrogen (secondary N) is 2. The molecule has 2 aliphatic rings. The van der Waals surface area contributed by atoms with Crippen molar-refractivity contribution in [2.24, 2.45) is 4.99 Å². The molecule has 1 heterocycles. The molecule has 1 saturated carbocycles. The van der Waals surface area contributed by atoms with Gasteiger partial charge < -0.3 is 20.3 Å². The molecule has 2 N–H and O–H groups in total. The van der Waals surface area contributed by atoms with Gasteiger partial charge in [0.15, 0.2) is 5.96 Å². The maximum absolute atomic E-state index is 11.8. The molecular formula is C17H32N4O2S. The third kappa shape index (κ3) is 6.51. The summed E-state index contributed by atoms with van der Waals surface area (Å²) in [6.45, 7) is 1.77. The van der Waals surface area contributed by atoms with E-state index in [2.05, 4.69) is 21.9 Å². The molecule has 0 bridgehead atoms. The molecule has 0 radical (unpaired) electrons. The van der Waals surface area contributed by atoms with Crippen LogP contribution in [0.3, 0.4) is 0 Å². The molecule has 24 heavy (non-hydrogen) atoms. The second kappa shape index (κ2) is 10.1. The number of hydrogen-bond acceptors (Lipinski definition) is 4. The van der Waals surface area contributed by atoms with Crippen molar-refractivity contribution in [3.63, 3.8) is 0 Å². The Morgan fingerprint density at radius 1 is 1.29 bits per heavy atom. The minimum absolute atomic E-state index is 0.0128. The van der Waals surface area contributed by atoms with Gasteiger partial charge in [-0.05, 0) is 38.4 Å². The highest BCUT2D eigenvalue weighted by Gasteiger charge is 2.23. The van der Waals surface area contributed by atoms with Crippen molar-refractivity contribution in [2.75, 3.05) is 40.0 Å². The lowest BCUT2D eigenvalue weighted by molar-refractivity contribution is -0.127. The van der Waals surface area contributed by atoms with Gasteiger partial charge in [-0.15, -0.1) is 0 Å². The average Bonchev–Trinajstić information content (AvgIpc) is 3.10. The van der Waals surface area contributed by atoms with Crippen LogP contribution in [0.5, 0.6) is 0 Å². The van der Waals surface area contributed by atoms with Crippen LogP contribution < -0.4 is 10.6 Å². The topological polar surface area (TPSA) is 66.0 Å². The van der Waals surface area contributed by atoms with Crippen LogP contribution in [0, 0.1) is 0 Å². The molecule has 0 aromatic carbocycles. The normalized spacial score (nSPS) is 27.8. The molecule has 3 atom stereocenters. The van der Waals surface area contributed by atoms with E-state index < -0.39 is 0 Å². The average molecular weight is 357 g/mol. The summed E-state index contributed by atoms with van der Waals surface area (Å²) < 4.78 is 5.67. The fraction of sp³-hybridized carbons (Fsp3) is 0.882. The highest BCUT2D eigenvalue weighted by Crippen LogP contribution is 2.26. The molecule has 1 aliphatic heterocycles. The van der Waals surface area contributed by atoms with E-state index in [9.17, 15) is 4.79 Å². The molecular weight excluding hydrogens is 324 g/mol. The van der Waals surface area contributed by atoms with Crippen molar-refractivity contribution in [3.05, 3.63) is 0 Å². The van der Waals surface area contributed by atoms with Crippen LogP contribution in [0.25, 0.3) is 0 Å². The summed E-state index contributed by atoms with van der Waals surface area (Å²) in [5.74, 6) is 0.756. The Morgan fingerprint density at radius 2 is 2.12 bits per heavy atom. The third-order valence-corrected chi connectivity index (χ3v) is 5.79. The van der Waals surface area contributed by atoms with Gasteiger partial charge >= 0.3 is 0 Å². The highest BCUT2D eigenvalue weighted by atomic mass is 32.2. The Kier molecular flexibility index (Phi) is 8.18. The molecule has 0 aromatic rings. The predicted molar refractivity (Wildman–Crippen MR) is 101 cm³/mol. The minimum Gasteiger partial charge on any atom is -0.376 e. The van der Waals surface area contributed by atoms with Gasteiger partial charge in [0.2, 0.25) is 5.91 Å². The second-order valence-electron chi connectivity index (χ2n) is 6.83. The summed E-state index contributed by atoms with van der Waals surface area (Å²) >= 11 is 1.95. The third-order valence-electron chi connectivity index (χ3n) is 4.69. The molecule has 0 aromatic heterocycles. The number of rotatable bonds is 6. The number of hydrogen-bond donors (Lipinski definition) is 2. The van der Waals surface area contributed by atoms with E-state index in [4.69, 9.17) is 4.74 Å². The zero-order chi connectivity index (χ0) is 17.4. The van der Waals surface area contributed by atoms with Gasteiger partial charge in [0.25, 0.3) is 0 Å². The number of amides is 1. The molecule has 1 saturated heterocycles. The predicted octanol–water partition coefficient (Wildman–Crippen LogP) is 1.46. The van der Waals surface area contributed by atoms with Crippen LogP contribution in [0.2, 0.25) is 0 Å². The fourth-order valence-corrected chi connectivity index (χ4v) is 3.97. The second-order valence-corrected chi connectivity index (χ2v) is 7.97. The number of guanidine groups is 1. The number of likely N-dealkylation sites (N-methyl/N-ethyl adjacent to an activating group) is 1. The van der Waals surface area contributed by atoms with Gasteiger partial charge in [-0.2, -0.15) is 11.8 Å². The lowest BCUT2D eigenvalue weighted by Crippen LogP contribution is -2.48. The largest absolute Gasteiger partial charge is 0.376 e. The summed E-state index contributed by atoms with van der Waals surface area (Å²) in [5, 5.41) is 7.63. The molecule has 1 aliphatic carbocycles. The molecule has 7 heteroatoms. The molecule has 3 unspecified atom stereocenters. The van der Waals surface area contributed by atoms with Crippen LogP contribution >= 0.6 is 11.8 Å². The van der Waals surface area contributed by atoms with E-state index >= 15 is 0 Å². The van der Waals surface area contributed by atoms with Gasteiger partial charge in [0.1, 0.15) is 6.54 Å². The van der Waals surface area contributed by atoms with Crippen LogP contribution in [0.1, 0.15) is 38.5 Å². The quantitative estimate of drug-likeness (QED) is 0.557. The standard InChI is InChI=1S/C17H32N4O2S/c1-21(2)16(22)12-19-17(18-11-14-7-5-9-23-14)20-13-6-4-8-15(10-13)24-3/h13-15H,4-12H2,1-3H3,(H2,18,19,20). The zero-order valence-electron chi connectivity index (χ0n) is 15.2. The highest BCUT2D eigenvalue weighted by molar-refractivity contribution is 7.99. The molecule has 138 valence electrons. The van der Waals surface area contributed by atoms with E-state index in [0.717, 1.165) is 43.6 Å². The molecule has 6 nitrogen and oxygen atoms in total. The number of thioether (sulfide) groups is 1. The van der Waals surface area contributed by atoms with Gasteiger partial charge in [-0.25, -0.2) is 4.99 Å². The Morgan fingerprint density at radius 3 is 2.79 bits per heavy atom. The van der Waals surface area contributed by atoms with Crippen molar-refractivity contribution < 1.29 is 9.53 Å². The number of nitrogens with zero attached hydrogens (tertiary/aromatic N) is 2. The molecule has 0 spiro atoms. The number of carbonyl (C=O) groups is 1. The van der Waals surface area contributed by atoms with Gasteiger partial charge in [-0.1, -0.05) is 6.42 Å². The van der Waals surface area contributed by atoms with Gasteiger partial charge in [0, 0.05) is 38.5 Å². The van der Waals surface area contributed by atoms with E-state index in [1.807, 2.05) is 11.8 Å². The SMILES string of the molecule is CSC1CCCC(NC(=NCC(=O)N(C)C)NCC2CCCO2)C1. The van der Waals surface area contributed by atoms with Crippen LogP contribution in [0.15, 0.2) is 4.99 Å². The van der Waals surface area contributed by atoms with Crippen molar-refractivity contribution >= 4 is 23.6 Å². The first-order valence-corrected chi connectivity index (χ1v) is 10.3. The fourth-order valence-electron chi connectivity index (χ4n) is 3.14. The summed E-state index contributed by atoms with van der Waals surface area (Å²) in [5.41, 5.74) is 0. The van der Waals surface area contributed by atoms with Gasteiger partial charge in [-0.3, -0.25) is 4.79 Å². The maximum Gasteiger partial charge on any atom is 0.243 e. The smallest absolute Gasteiger partial charge is 0.243 e. The summed E-state index contributed by atoms with van der Waals surface area (Å²) in [6, 6.07) is 0.432. The van der Waals surface area contributed by atoms with Crippen LogP contribution in [-0.4, -0.2) is 74.2 Å². The van der Waals surface area contributed by atoms with Crippen LogP contribution in [0.4, 0.5) is 0 Å². The summed E-state index contributed by atoms with van der Waals surface area (Å²) in [7, 11) is 3.52. The van der Waals surface area contributed by atoms with Crippen molar-refractivity contribution in [2.45, 2.75) is 55.9 Å². The van der Waals surface area contributed by atoms with Crippen molar-refractivity contribution in [1.82, 2.24) is 15.5 Å². The van der Waals surface area contributed by atoms with E-state index in [-0.39, 0.29) is 18.6 Å². The van der Waals surface area contributed by atoms with Crippen LogP contribution in [-0.2, 0) is 9.53 Å². The first kappa shape index (κ1) is 19.4. The number of carbonyl (C=O) groups excluding carboxylic acids is 1. The molecule has 2 fully saturated rings. The zero-order valence-corrected chi connectivity index (χ0v) is 16.0. The van der Waals surface area contributed by atoms with Gasteiger partial charge in [0.05, 0.1) is 6.10 Å². The first-order chi connectivity index (χ1) is 11.6. The Bertz CT molecular complexity index is 425. The lowest BCUT2D eigenvalue weighted by Gasteiger charge is -2.30. The van der Waals surface area contributed by atoms with E-state index in [0.29, 0.717) is 6.04 Å². The Balaban J connectivity index is 1.90. The van der Waals surface area contributed by atoms with E-state index in [1.54, 1.807) is 19.0 Å². The Labute approximate surface area is 150 Å². The minimum atomic E-state index is 0.0128. The van der Waals surface area contributed by atoms with Crippen molar-refractivity contribution in [1.29, 1.82) is 0 Å². The van der Waals surface area contributed by atoms with Crippen molar-refractivity contribution in [3.8, 4) is 0 Å². The maximum atomic E-state index is 11.8. The number of ether oxygens (including phenoxy) is 1.